The fraction of sp³-hybridized carbons (Fsp3) is 0.632. The zero-order valence-corrected chi connectivity index (χ0v) is 19.0. The molecule has 0 amide bonds. The Bertz CT molecular complexity index is 594. The summed E-state index contributed by atoms with van der Waals surface area (Å²) in [6.07, 6.45) is 0.911. The lowest BCUT2D eigenvalue weighted by Crippen LogP contribution is -2.63. The molecule has 0 aliphatic rings. The lowest BCUT2D eigenvalue weighted by atomic mass is 10.2. The van der Waals surface area contributed by atoms with E-state index in [1.54, 1.807) is 0 Å². The third-order valence-corrected chi connectivity index (χ3v) is 9.54. The summed E-state index contributed by atoms with van der Waals surface area (Å²) in [5.41, 5.74) is 0.278. The van der Waals surface area contributed by atoms with Gasteiger partial charge in [-0.2, -0.15) is 0 Å². The van der Waals surface area contributed by atoms with Gasteiger partial charge in [0.2, 0.25) is 16.6 Å². The Morgan fingerprint density at radius 2 is 1.21 bits per heavy atom. The Morgan fingerprint density at radius 1 is 0.792 bits per heavy atom. The number of carbonyl (C=O) groups excluding carboxylic acids is 1. The van der Waals surface area contributed by atoms with Crippen LogP contribution in [0.2, 0.25) is 26.2 Å². The first kappa shape index (κ1) is 21.3. The van der Waals surface area contributed by atoms with Crippen LogP contribution in [0.3, 0.4) is 0 Å². The maximum Gasteiger partial charge on any atom is 0.218 e. The molecule has 0 heterocycles. The molecule has 0 saturated carbocycles. The zero-order chi connectivity index (χ0) is 19.0. The van der Waals surface area contributed by atoms with Crippen molar-refractivity contribution in [1.82, 2.24) is 0 Å². The Labute approximate surface area is 150 Å². The van der Waals surface area contributed by atoms with Gasteiger partial charge in [-0.15, -0.1) is 0 Å². The molecule has 0 radical (unpaired) electrons. The summed E-state index contributed by atoms with van der Waals surface area (Å²) in [4.78, 5) is 11.3. The smallest absolute Gasteiger partial charge is 0.218 e. The molecular formula is C19H34O3Si2. The molecule has 0 spiro atoms. The van der Waals surface area contributed by atoms with Gasteiger partial charge in [0.25, 0.3) is 0 Å². The van der Waals surface area contributed by atoms with E-state index >= 15 is 0 Å². The first-order valence-electron chi connectivity index (χ1n) is 8.58. The Hall–Kier alpha value is -0.756. The zero-order valence-electron chi connectivity index (χ0n) is 17.0. The van der Waals surface area contributed by atoms with Crippen LogP contribution in [0.25, 0.3) is 0 Å². The second kappa shape index (κ2) is 6.86. The second-order valence-electron chi connectivity index (χ2n) is 9.37. The van der Waals surface area contributed by atoms with Crippen LogP contribution in [0.5, 0.6) is 0 Å². The minimum absolute atomic E-state index is 0.201. The van der Waals surface area contributed by atoms with Crippen molar-refractivity contribution >= 4 is 33.3 Å². The maximum atomic E-state index is 11.3. The van der Waals surface area contributed by atoms with Crippen molar-refractivity contribution in [2.75, 3.05) is 0 Å². The molecule has 0 aliphatic carbocycles. The Kier molecular flexibility index (Phi) is 6.09. The molecule has 0 atom stereocenters. The Balaban J connectivity index is 3.49. The molecule has 1 rings (SSSR count). The highest BCUT2D eigenvalue weighted by molar-refractivity contribution is 6.94. The third-order valence-electron chi connectivity index (χ3n) is 3.60. The molecule has 136 valence electrons. The van der Waals surface area contributed by atoms with Gasteiger partial charge in [0, 0.05) is 16.8 Å². The molecule has 0 unspecified atom stereocenters. The Morgan fingerprint density at radius 3 is 1.58 bits per heavy atom. The van der Waals surface area contributed by atoms with Crippen molar-refractivity contribution in [1.29, 1.82) is 0 Å². The van der Waals surface area contributed by atoms with Crippen LogP contribution >= 0.6 is 0 Å². The van der Waals surface area contributed by atoms with Gasteiger partial charge in [-0.3, -0.25) is 4.79 Å². The lowest BCUT2D eigenvalue weighted by Gasteiger charge is -2.38. The van der Waals surface area contributed by atoms with Gasteiger partial charge >= 0.3 is 0 Å². The summed E-state index contributed by atoms with van der Waals surface area (Å²) in [7, 11) is -4.34. The van der Waals surface area contributed by atoms with Gasteiger partial charge in [-0.1, -0.05) is 18.2 Å². The van der Waals surface area contributed by atoms with E-state index in [-0.39, 0.29) is 11.2 Å². The van der Waals surface area contributed by atoms with Gasteiger partial charge in [0.05, 0.1) is 0 Å². The standard InChI is InChI=1S/C19H34O3Si2/c1-18(2,3)21-23(7,8)16-12-11-15(14-20)13-17(16)24(9,10)22-19(4,5)6/h11-14H,1-10H3. The van der Waals surface area contributed by atoms with E-state index < -0.39 is 16.6 Å². The van der Waals surface area contributed by atoms with Gasteiger partial charge in [0.1, 0.15) is 6.29 Å². The van der Waals surface area contributed by atoms with Gasteiger partial charge < -0.3 is 8.85 Å². The molecule has 24 heavy (non-hydrogen) atoms. The summed E-state index contributed by atoms with van der Waals surface area (Å²) in [6, 6.07) is 5.99. The van der Waals surface area contributed by atoms with Crippen LogP contribution in [0.1, 0.15) is 51.9 Å². The average molecular weight is 367 g/mol. The number of hydrogen-bond acceptors (Lipinski definition) is 3. The van der Waals surface area contributed by atoms with Crippen molar-refractivity contribution in [2.24, 2.45) is 0 Å². The topological polar surface area (TPSA) is 35.5 Å². The van der Waals surface area contributed by atoms with E-state index in [1.807, 2.05) is 12.1 Å². The quantitative estimate of drug-likeness (QED) is 0.584. The number of hydrogen-bond donors (Lipinski definition) is 0. The first-order valence-corrected chi connectivity index (χ1v) is 14.4. The molecule has 0 bridgehead atoms. The fourth-order valence-corrected chi connectivity index (χ4v) is 10.8. The number of rotatable bonds is 5. The minimum Gasteiger partial charge on any atom is -0.408 e. The van der Waals surface area contributed by atoms with Gasteiger partial charge in [-0.05, 0) is 78.1 Å². The monoisotopic (exact) mass is 366 g/mol. The number of aldehydes is 1. The predicted molar refractivity (Wildman–Crippen MR) is 108 cm³/mol. The van der Waals surface area contributed by atoms with Crippen LogP contribution in [0.4, 0.5) is 0 Å². The van der Waals surface area contributed by atoms with Gasteiger partial charge in [0.15, 0.2) is 0 Å². The summed E-state index contributed by atoms with van der Waals surface area (Å²) < 4.78 is 12.9. The van der Waals surface area contributed by atoms with Crippen LogP contribution in [-0.4, -0.2) is 34.1 Å². The molecule has 1 aromatic carbocycles. The largest absolute Gasteiger partial charge is 0.408 e. The van der Waals surface area contributed by atoms with Crippen LogP contribution in [0, 0.1) is 0 Å². The lowest BCUT2D eigenvalue weighted by molar-refractivity contribution is 0.112. The van der Waals surface area contributed by atoms with Crippen molar-refractivity contribution in [2.45, 2.75) is 78.9 Å². The normalized spacial score (nSPS) is 13.9. The van der Waals surface area contributed by atoms with Crippen molar-refractivity contribution in [3.63, 3.8) is 0 Å². The van der Waals surface area contributed by atoms with E-state index in [0.29, 0.717) is 5.56 Å². The maximum absolute atomic E-state index is 11.3. The molecule has 0 fully saturated rings. The molecule has 5 heteroatoms. The van der Waals surface area contributed by atoms with Crippen LogP contribution < -0.4 is 10.4 Å². The molecule has 0 saturated heterocycles. The SMILES string of the molecule is CC(C)(C)O[Si](C)(C)c1ccc(C=O)cc1[Si](C)(C)OC(C)(C)C. The number of carbonyl (C=O) groups is 1. The highest BCUT2D eigenvalue weighted by Crippen LogP contribution is 2.20. The molecule has 0 aliphatic heterocycles. The van der Waals surface area contributed by atoms with Crippen molar-refractivity contribution in [3.05, 3.63) is 23.8 Å². The van der Waals surface area contributed by atoms with E-state index in [1.165, 1.54) is 10.4 Å². The molecule has 3 nitrogen and oxygen atoms in total. The predicted octanol–water partition coefficient (Wildman–Crippen LogP) is 3.95. The fourth-order valence-electron chi connectivity index (χ4n) is 3.30. The highest BCUT2D eigenvalue weighted by atomic mass is 28.4. The molecule has 0 aromatic heterocycles. The van der Waals surface area contributed by atoms with Gasteiger partial charge in [-0.25, -0.2) is 0 Å². The first-order chi connectivity index (χ1) is 10.6. The van der Waals surface area contributed by atoms with E-state index in [2.05, 4.69) is 73.8 Å². The third kappa shape index (κ3) is 5.95. The van der Waals surface area contributed by atoms with Crippen LogP contribution in [-0.2, 0) is 8.85 Å². The van der Waals surface area contributed by atoms with E-state index in [4.69, 9.17) is 8.85 Å². The average Bonchev–Trinajstić information content (AvgIpc) is 2.32. The molecule has 0 N–H and O–H groups in total. The number of benzene rings is 1. The highest BCUT2D eigenvalue weighted by Gasteiger charge is 2.39. The summed E-state index contributed by atoms with van der Waals surface area (Å²) in [5.74, 6) is 0. The summed E-state index contributed by atoms with van der Waals surface area (Å²) in [6.45, 7) is 21.4. The van der Waals surface area contributed by atoms with E-state index in [9.17, 15) is 4.79 Å². The van der Waals surface area contributed by atoms with E-state index in [0.717, 1.165) is 6.29 Å². The minimum atomic E-state index is -2.20. The van der Waals surface area contributed by atoms with Crippen molar-refractivity contribution in [3.8, 4) is 0 Å². The summed E-state index contributed by atoms with van der Waals surface area (Å²) >= 11 is 0. The van der Waals surface area contributed by atoms with Crippen molar-refractivity contribution < 1.29 is 13.6 Å². The van der Waals surface area contributed by atoms with Crippen LogP contribution in [0.15, 0.2) is 18.2 Å². The second-order valence-corrected chi connectivity index (χ2v) is 16.9. The molecule has 1 aromatic rings. The molecular weight excluding hydrogens is 332 g/mol. The summed E-state index contributed by atoms with van der Waals surface area (Å²) in [5, 5.41) is 2.42.